The van der Waals surface area contributed by atoms with Crippen LogP contribution in [0.2, 0.25) is 0 Å². The van der Waals surface area contributed by atoms with E-state index in [4.69, 9.17) is 29.0 Å². The highest BCUT2D eigenvalue weighted by Crippen LogP contribution is 2.48. The number of ether oxygens (including phenoxy) is 3. The van der Waals surface area contributed by atoms with Gasteiger partial charge in [0.1, 0.15) is 29.6 Å². The van der Waals surface area contributed by atoms with Crippen LogP contribution in [0, 0.1) is 5.41 Å². The molecule has 1 aliphatic rings. The van der Waals surface area contributed by atoms with Gasteiger partial charge in [0.2, 0.25) is 11.8 Å². The quantitative estimate of drug-likeness (QED) is 0.135. The third-order valence-electron chi connectivity index (χ3n) is 7.34. The molecule has 0 saturated carbocycles. The van der Waals surface area contributed by atoms with Crippen molar-refractivity contribution in [2.45, 2.75) is 64.7 Å². The largest absolute Gasteiger partial charge is 0.479 e. The van der Waals surface area contributed by atoms with Gasteiger partial charge in [-0.2, -0.15) is 15.1 Å². The first kappa shape index (κ1) is 33.5. The molecule has 5 rings (SSSR count). The Labute approximate surface area is 265 Å². The second kappa shape index (κ2) is 12.7. The third kappa shape index (κ3) is 6.94. The minimum Gasteiger partial charge on any atom is -0.479 e. The number of aliphatic hydroxyl groups is 2. The van der Waals surface area contributed by atoms with E-state index in [1.807, 2.05) is 39.0 Å². The average Bonchev–Trinajstić information content (AvgIpc) is 3.51. The van der Waals surface area contributed by atoms with E-state index in [0.717, 1.165) is 5.39 Å². The summed E-state index contributed by atoms with van der Waals surface area (Å²) in [6.07, 6.45) is -2.63. The average molecular weight is 659 g/mol. The molecule has 16 heteroatoms. The van der Waals surface area contributed by atoms with E-state index in [-0.39, 0.29) is 40.8 Å². The molecule has 2 aromatic carbocycles. The Morgan fingerprint density at radius 3 is 2.65 bits per heavy atom. The summed E-state index contributed by atoms with van der Waals surface area (Å²) in [5.41, 5.74) is 4.11. The minimum absolute atomic E-state index is 0.100. The Morgan fingerprint density at radius 2 is 1.93 bits per heavy atom. The molecule has 2 aromatic heterocycles. The topological polar surface area (TPSA) is 202 Å². The van der Waals surface area contributed by atoms with Crippen LogP contribution in [0.5, 0.6) is 11.6 Å². The maximum atomic E-state index is 14.3. The van der Waals surface area contributed by atoms with Gasteiger partial charge in [-0.15, -0.1) is 0 Å². The first-order valence-electron chi connectivity index (χ1n) is 14.6. The smallest absolute Gasteiger partial charge is 0.459 e. The number of carbonyl (C=O) groups is 1. The molecule has 0 aliphatic carbocycles. The Bertz CT molecular complexity index is 1770. The highest BCUT2D eigenvalue weighted by molar-refractivity contribution is 7.52. The number of anilines is 1. The first-order chi connectivity index (χ1) is 21.6. The van der Waals surface area contributed by atoms with E-state index in [1.165, 1.54) is 31.9 Å². The summed E-state index contributed by atoms with van der Waals surface area (Å²) in [6, 6.07) is 11.4. The van der Waals surface area contributed by atoms with Crippen molar-refractivity contribution in [3.63, 3.8) is 0 Å². The Kier molecular flexibility index (Phi) is 9.28. The molecule has 6 atom stereocenters. The van der Waals surface area contributed by atoms with Crippen molar-refractivity contribution in [3.05, 3.63) is 48.8 Å². The lowest BCUT2D eigenvalue weighted by Gasteiger charge is -2.27. The van der Waals surface area contributed by atoms with Gasteiger partial charge < -0.3 is 34.7 Å². The lowest BCUT2D eigenvalue weighted by atomic mass is 9.96. The number of nitrogens with one attached hydrogen (secondary N) is 1. The summed E-state index contributed by atoms with van der Waals surface area (Å²) in [4.78, 5) is 25.3. The molecule has 5 N–H and O–H groups in total. The molecular formula is C30H39N6O9P. The summed E-state index contributed by atoms with van der Waals surface area (Å²) < 4.78 is 44.2. The predicted molar refractivity (Wildman–Crippen MR) is 168 cm³/mol. The van der Waals surface area contributed by atoms with Crippen molar-refractivity contribution >= 4 is 41.6 Å². The van der Waals surface area contributed by atoms with Gasteiger partial charge in [0.05, 0.1) is 26.7 Å². The first-order valence-corrected chi connectivity index (χ1v) is 16.1. The lowest BCUT2D eigenvalue weighted by molar-refractivity contribution is -0.148. The van der Waals surface area contributed by atoms with E-state index in [9.17, 15) is 19.6 Å². The second-order valence-electron chi connectivity index (χ2n) is 12.5. The number of nitrogen functional groups attached to an aromatic ring is 1. The number of hydrogen-bond acceptors (Lipinski definition) is 13. The number of nitrogens with two attached hydrogens (primary N) is 1. The standard InChI is InChI=1S/C30H39N6O9P/c1-17(26(38)42-15-29(2,3)4)35-46(40,45-20-13-9-11-18-10-7-8-12-19(18)20)43-14-21-23(37)30(5,39)27(44-21)36-16-32-22-24(36)33-28(31)34-25(22)41-6/h7-13,16-17,21,23,27,37,39H,14-15H2,1-6H3,(H,35,40)(H2,31,33,34)/t17-,21?,23?,27?,30?,46?/m0/s1. The van der Waals surface area contributed by atoms with Crippen molar-refractivity contribution < 1.29 is 42.8 Å². The van der Waals surface area contributed by atoms with Gasteiger partial charge in [0.25, 0.3) is 0 Å². The summed E-state index contributed by atoms with van der Waals surface area (Å²) in [5, 5.41) is 26.7. The maximum absolute atomic E-state index is 14.3. The van der Waals surface area contributed by atoms with Crippen LogP contribution in [0.15, 0.2) is 48.8 Å². The van der Waals surface area contributed by atoms with Crippen LogP contribution in [0.4, 0.5) is 5.95 Å². The Balaban J connectivity index is 1.40. The van der Waals surface area contributed by atoms with Crippen LogP contribution >= 0.6 is 7.75 Å². The van der Waals surface area contributed by atoms with Crippen molar-refractivity contribution in [1.82, 2.24) is 24.6 Å². The number of hydrogen-bond donors (Lipinski definition) is 4. The molecule has 248 valence electrons. The van der Waals surface area contributed by atoms with E-state index >= 15 is 0 Å². The fourth-order valence-electron chi connectivity index (χ4n) is 4.97. The van der Waals surface area contributed by atoms with E-state index in [0.29, 0.717) is 5.39 Å². The molecule has 0 amide bonds. The number of imidazole rings is 1. The Morgan fingerprint density at radius 1 is 1.22 bits per heavy atom. The van der Waals surface area contributed by atoms with Crippen molar-refractivity contribution in [1.29, 1.82) is 0 Å². The Hall–Kier alpha value is -3.85. The molecule has 0 bridgehead atoms. The highest BCUT2D eigenvalue weighted by Gasteiger charge is 2.54. The van der Waals surface area contributed by atoms with Gasteiger partial charge in [0.15, 0.2) is 17.4 Å². The van der Waals surface area contributed by atoms with Crippen LogP contribution in [-0.4, -0.2) is 79.9 Å². The molecule has 3 heterocycles. The van der Waals surface area contributed by atoms with E-state index < -0.39 is 50.4 Å². The molecule has 46 heavy (non-hydrogen) atoms. The van der Waals surface area contributed by atoms with Gasteiger partial charge in [0, 0.05) is 5.39 Å². The maximum Gasteiger partial charge on any atom is 0.459 e. The number of aliphatic hydroxyl groups excluding tert-OH is 1. The number of fused-ring (bicyclic) bond motifs is 2. The number of nitrogens with zero attached hydrogens (tertiary/aromatic N) is 4. The van der Waals surface area contributed by atoms with Gasteiger partial charge in [-0.1, -0.05) is 57.2 Å². The van der Waals surface area contributed by atoms with Crippen LogP contribution in [0.3, 0.4) is 0 Å². The van der Waals surface area contributed by atoms with Crippen molar-refractivity contribution in [2.75, 3.05) is 26.1 Å². The van der Waals surface area contributed by atoms with Crippen LogP contribution in [0.25, 0.3) is 21.9 Å². The van der Waals surface area contributed by atoms with Gasteiger partial charge >= 0.3 is 13.7 Å². The van der Waals surface area contributed by atoms with Crippen LogP contribution in [0.1, 0.15) is 40.8 Å². The highest BCUT2D eigenvalue weighted by atomic mass is 31.2. The van der Waals surface area contributed by atoms with Gasteiger partial charge in [-0.05, 0) is 30.7 Å². The molecular weight excluding hydrogens is 619 g/mol. The monoisotopic (exact) mass is 658 g/mol. The van der Waals surface area contributed by atoms with Gasteiger partial charge in [-0.25, -0.2) is 9.55 Å². The molecule has 1 saturated heterocycles. The normalized spacial score (nSPS) is 23.7. The van der Waals surface area contributed by atoms with Crippen LogP contribution in [-0.2, 0) is 23.4 Å². The van der Waals surface area contributed by atoms with Crippen molar-refractivity contribution in [2.24, 2.45) is 5.41 Å². The SMILES string of the molecule is COc1nc(N)nc2c1ncn2C1OC(COP(=O)(N[C@@H](C)C(=O)OCC(C)(C)C)Oc2cccc3ccccc23)C(O)C1(C)O. The molecule has 15 nitrogen and oxygen atoms in total. The number of esters is 1. The zero-order valence-electron chi connectivity index (χ0n) is 26.4. The fourth-order valence-corrected chi connectivity index (χ4v) is 6.49. The molecule has 0 spiro atoms. The number of benzene rings is 2. The third-order valence-corrected chi connectivity index (χ3v) is 8.97. The second-order valence-corrected chi connectivity index (χ2v) is 14.2. The predicted octanol–water partition coefficient (Wildman–Crippen LogP) is 3.35. The van der Waals surface area contributed by atoms with E-state index in [2.05, 4.69) is 20.0 Å². The molecule has 5 unspecified atom stereocenters. The number of methoxy groups -OCH3 is 1. The van der Waals surface area contributed by atoms with Gasteiger partial charge in [-0.3, -0.25) is 13.9 Å². The summed E-state index contributed by atoms with van der Waals surface area (Å²) in [5.74, 6) is -0.411. The van der Waals surface area contributed by atoms with E-state index in [1.54, 1.807) is 24.3 Å². The summed E-state index contributed by atoms with van der Waals surface area (Å²) in [6.45, 7) is 8.20. The molecule has 1 fully saturated rings. The molecule has 1 aliphatic heterocycles. The van der Waals surface area contributed by atoms with Crippen molar-refractivity contribution in [3.8, 4) is 11.6 Å². The number of carbonyl (C=O) groups excluding carboxylic acids is 1. The van der Waals surface area contributed by atoms with Crippen LogP contribution < -0.4 is 20.1 Å². The zero-order valence-corrected chi connectivity index (χ0v) is 27.3. The number of rotatable bonds is 11. The zero-order chi connectivity index (χ0) is 33.4. The fraction of sp³-hybridized carbons (Fsp3) is 0.467. The minimum atomic E-state index is -4.37. The molecule has 4 aromatic rings. The summed E-state index contributed by atoms with van der Waals surface area (Å²) >= 11 is 0. The summed E-state index contributed by atoms with van der Waals surface area (Å²) in [7, 11) is -2.97. The number of aromatic nitrogens is 4. The molecule has 0 radical (unpaired) electrons. The lowest BCUT2D eigenvalue weighted by Crippen LogP contribution is -2.44.